The first-order valence-corrected chi connectivity index (χ1v) is 10.3. The molecule has 0 unspecified atom stereocenters. The van der Waals surface area contributed by atoms with Crippen LogP contribution in [-0.2, 0) is 0 Å². The molecule has 0 aliphatic heterocycles. The Morgan fingerprint density at radius 1 is 0.815 bits per heavy atom. The lowest BCUT2D eigenvalue weighted by atomic mass is 10.0. The first-order chi connectivity index (χ1) is 13.3. The summed E-state index contributed by atoms with van der Waals surface area (Å²) < 4.78 is 9.70. The monoisotopic (exact) mass is 429 g/mol. The Bertz CT molecular complexity index is 1480. The molecule has 2 aromatic heterocycles. The summed E-state index contributed by atoms with van der Waals surface area (Å²) in [5.41, 5.74) is 2.76. The van der Waals surface area contributed by atoms with E-state index in [4.69, 9.17) is 9.40 Å². The largest absolute Gasteiger partial charge is 0.436 e. The van der Waals surface area contributed by atoms with Gasteiger partial charge in [-0.05, 0) is 53.2 Å². The molecule has 0 bridgehead atoms. The molecular formula is C23H12BrNOS. The summed E-state index contributed by atoms with van der Waals surface area (Å²) in [4.78, 5) is 4.89. The van der Waals surface area contributed by atoms with Crippen LogP contribution in [0.5, 0.6) is 0 Å². The number of aromatic nitrogens is 1. The summed E-state index contributed by atoms with van der Waals surface area (Å²) in [6.45, 7) is 0. The second-order valence-electron chi connectivity index (χ2n) is 6.58. The van der Waals surface area contributed by atoms with Gasteiger partial charge in [-0.25, -0.2) is 4.98 Å². The number of benzene rings is 4. The summed E-state index contributed by atoms with van der Waals surface area (Å²) >= 11 is 5.39. The Balaban J connectivity index is 1.78. The molecular weight excluding hydrogens is 418 g/mol. The van der Waals surface area contributed by atoms with Crippen LogP contribution in [0.25, 0.3) is 53.5 Å². The molecule has 6 rings (SSSR count). The maximum Gasteiger partial charge on any atom is 0.227 e. The third kappa shape index (κ3) is 2.27. The van der Waals surface area contributed by atoms with Crippen molar-refractivity contribution in [3.63, 3.8) is 0 Å². The Morgan fingerprint density at radius 2 is 1.63 bits per heavy atom. The van der Waals surface area contributed by atoms with Crippen LogP contribution in [0.2, 0.25) is 0 Å². The van der Waals surface area contributed by atoms with E-state index >= 15 is 0 Å². The molecule has 27 heavy (non-hydrogen) atoms. The Labute approximate surface area is 167 Å². The van der Waals surface area contributed by atoms with E-state index in [9.17, 15) is 0 Å². The normalized spacial score (nSPS) is 11.9. The highest BCUT2D eigenvalue weighted by atomic mass is 79.9. The Hall–Kier alpha value is -2.69. The standard InChI is InChI=1S/C23H12BrNOS/c24-15-7-8-16-14(12-15)6-10-18-20(16)21-19(27-18)11-9-17-22(21)25-23(26-17)13-4-2-1-3-5-13/h1-12H. The molecule has 0 aliphatic rings. The second-order valence-corrected chi connectivity index (χ2v) is 8.58. The van der Waals surface area contributed by atoms with Crippen molar-refractivity contribution in [3.05, 3.63) is 77.3 Å². The second kappa shape index (κ2) is 5.65. The average molecular weight is 430 g/mol. The van der Waals surface area contributed by atoms with Gasteiger partial charge in [-0.15, -0.1) is 11.3 Å². The summed E-state index contributed by atoms with van der Waals surface area (Å²) in [6.07, 6.45) is 0. The number of hydrogen-bond donors (Lipinski definition) is 0. The summed E-state index contributed by atoms with van der Waals surface area (Å²) in [7, 11) is 0. The molecule has 0 saturated carbocycles. The zero-order chi connectivity index (χ0) is 18.0. The molecule has 0 N–H and O–H groups in total. The van der Waals surface area contributed by atoms with Crippen molar-refractivity contribution in [2.75, 3.05) is 0 Å². The van der Waals surface area contributed by atoms with Gasteiger partial charge in [0, 0.05) is 30.2 Å². The highest BCUT2D eigenvalue weighted by Crippen LogP contribution is 2.42. The molecule has 4 heteroatoms. The van der Waals surface area contributed by atoms with Gasteiger partial charge in [0.1, 0.15) is 5.52 Å². The summed E-state index contributed by atoms with van der Waals surface area (Å²) in [6, 6.07) is 25.1. The molecule has 128 valence electrons. The quantitative estimate of drug-likeness (QED) is 0.266. The molecule has 0 amide bonds. The predicted octanol–water partition coefficient (Wildman–Crippen LogP) is 7.78. The first kappa shape index (κ1) is 15.4. The number of hydrogen-bond acceptors (Lipinski definition) is 3. The molecule has 0 radical (unpaired) electrons. The van der Waals surface area contributed by atoms with Crippen LogP contribution in [0.4, 0.5) is 0 Å². The van der Waals surface area contributed by atoms with Gasteiger partial charge >= 0.3 is 0 Å². The Morgan fingerprint density at radius 3 is 2.52 bits per heavy atom. The molecule has 2 nitrogen and oxygen atoms in total. The van der Waals surface area contributed by atoms with Gasteiger partial charge < -0.3 is 4.42 Å². The molecule has 0 saturated heterocycles. The predicted molar refractivity (Wildman–Crippen MR) is 118 cm³/mol. The lowest BCUT2D eigenvalue weighted by molar-refractivity contribution is 0.620. The minimum absolute atomic E-state index is 0.667. The van der Waals surface area contributed by atoms with Gasteiger partial charge in [-0.1, -0.05) is 46.3 Å². The van der Waals surface area contributed by atoms with Crippen LogP contribution < -0.4 is 0 Å². The number of thiophene rings is 1. The van der Waals surface area contributed by atoms with E-state index in [1.807, 2.05) is 47.7 Å². The molecule has 0 fully saturated rings. The van der Waals surface area contributed by atoms with Gasteiger partial charge in [0.25, 0.3) is 0 Å². The molecule has 0 atom stereocenters. The first-order valence-electron chi connectivity index (χ1n) is 8.67. The zero-order valence-electron chi connectivity index (χ0n) is 14.1. The van der Waals surface area contributed by atoms with Gasteiger partial charge in [-0.3, -0.25) is 0 Å². The van der Waals surface area contributed by atoms with E-state index in [1.54, 1.807) is 0 Å². The van der Waals surface area contributed by atoms with Crippen molar-refractivity contribution >= 4 is 69.3 Å². The molecule has 0 spiro atoms. The lowest BCUT2D eigenvalue weighted by Crippen LogP contribution is -1.78. The zero-order valence-corrected chi connectivity index (χ0v) is 16.5. The van der Waals surface area contributed by atoms with Crippen LogP contribution in [0.15, 0.2) is 81.7 Å². The number of rotatable bonds is 1. The average Bonchev–Trinajstić information content (AvgIpc) is 3.29. The van der Waals surface area contributed by atoms with Crippen molar-refractivity contribution in [2.45, 2.75) is 0 Å². The van der Waals surface area contributed by atoms with Gasteiger partial charge in [-0.2, -0.15) is 0 Å². The third-order valence-corrected chi connectivity index (χ3v) is 6.57. The SMILES string of the molecule is Brc1ccc2c(ccc3sc4ccc5oc(-c6ccccc6)nc5c4c32)c1. The topological polar surface area (TPSA) is 26.0 Å². The van der Waals surface area contributed by atoms with Crippen LogP contribution in [0.1, 0.15) is 0 Å². The van der Waals surface area contributed by atoms with Crippen molar-refractivity contribution in [3.8, 4) is 11.5 Å². The summed E-state index contributed by atoms with van der Waals surface area (Å²) in [5, 5.41) is 4.92. The number of fused-ring (bicyclic) bond motifs is 7. The van der Waals surface area contributed by atoms with Crippen molar-refractivity contribution in [2.24, 2.45) is 0 Å². The van der Waals surface area contributed by atoms with Crippen molar-refractivity contribution in [1.29, 1.82) is 0 Å². The fourth-order valence-corrected chi connectivity index (χ4v) is 5.25. The third-order valence-electron chi connectivity index (χ3n) is 4.96. The van der Waals surface area contributed by atoms with Gasteiger partial charge in [0.05, 0.1) is 0 Å². The minimum atomic E-state index is 0.667. The van der Waals surface area contributed by atoms with Crippen molar-refractivity contribution in [1.82, 2.24) is 4.98 Å². The van der Waals surface area contributed by atoms with E-state index in [0.717, 1.165) is 21.1 Å². The molecule has 4 aromatic carbocycles. The van der Waals surface area contributed by atoms with Crippen LogP contribution in [-0.4, -0.2) is 4.98 Å². The molecule has 2 heterocycles. The van der Waals surface area contributed by atoms with Gasteiger partial charge in [0.15, 0.2) is 5.58 Å². The van der Waals surface area contributed by atoms with Gasteiger partial charge in [0.2, 0.25) is 5.89 Å². The highest BCUT2D eigenvalue weighted by Gasteiger charge is 2.16. The van der Waals surface area contributed by atoms with E-state index in [2.05, 4.69) is 52.3 Å². The van der Waals surface area contributed by atoms with Crippen LogP contribution in [0.3, 0.4) is 0 Å². The van der Waals surface area contributed by atoms with E-state index in [0.29, 0.717) is 5.89 Å². The van der Waals surface area contributed by atoms with E-state index < -0.39 is 0 Å². The maximum absolute atomic E-state index is 6.10. The van der Waals surface area contributed by atoms with Crippen LogP contribution >= 0.6 is 27.3 Å². The molecule has 0 aliphatic carbocycles. The fourth-order valence-electron chi connectivity index (χ4n) is 3.75. The number of oxazole rings is 1. The van der Waals surface area contributed by atoms with Crippen LogP contribution in [0, 0.1) is 0 Å². The summed E-state index contributed by atoms with van der Waals surface area (Å²) in [5.74, 6) is 0.667. The van der Waals surface area contributed by atoms with E-state index in [1.165, 1.54) is 30.9 Å². The fraction of sp³-hybridized carbons (Fsp3) is 0. The maximum atomic E-state index is 6.10. The number of halogens is 1. The lowest BCUT2D eigenvalue weighted by Gasteiger charge is -2.01. The Kier molecular flexibility index (Phi) is 3.22. The van der Waals surface area contributed by atoms with E-state index in [-0.39, 0.29) is 0 Å². The molecule has 6 aromatic rings. The van der Waals surface area contributed by atoms with Crippen molar-refractivity contribution < 1.29 is 4.42 Å². The minimum Gasteiger partial charge on any atom is -0.436 e. The smallest absolute Gasteiger partial charge is 0.227 e. The highest BCUT2D eigenvalue weighted by molar-refractivity contribution is 9.10. The number of nitrogens with zero attached hydrogens (tertiary/aromatic N) is 1.